The molecule has 31 heavy (non-hydrogen) atoms. The van der Waals surface area contributed by atoms with Crippen LogP contribution in [0.3, 0.4) is 0 Å². The summed E-state index contributed by atoms with van der Waals surface area (Å²) in [4.78, 5) is 17.1. The number of methoxy groups -OCH3 is 1. The summed E-state index contributed by atoms with van der Waals surface area (Å²) >= 11 is 0. The molecule has 2 aliphatic rings. The van der Waals surface area contributed by atoms with E-state index in [-0.39, 0.29) is 17.3 Å². The summed E-state index contributed by atoms with van der Waals surface area (Å²) in [5.74, 6) is 0.330. The minimum absolute atomic E-state index is 0.0916. The number of allylic oxidation sites excluding steroid dienone is 1. The van der Waals surface area contributed by atoms with Crippen molar-refractivity contribution in [3.05, 3.63) is 71.9 Å². The van der Waals surface area contributed by atoms with Crippen LogP contribution in [0.5, 0.6) is 5.75 Å². The van der Waals surface area contributed by atoms with Crippen LogP contribution in [0, 0.1) is 0 Å². The Bertz CT molecular complexity index is 1120. The van der Waals surface area contributed by atoms with Gasteiger partial charge in [-0.3, -0.25) is 4.79 Å². The first-order chi connectivity index (χ1) is 14.9. The molecule has 1 fully saturated rings. The van der Waals surface area contributed by atoms with Crippen LogP contribution in [-0.2, 0) is 15.0 Å². The molecule has 1 saturated heterocycles. The molecule has 0 unspecified atom stereocenters. The third kappa shape index (κ3) is 4.27. The molecular weight excluding hydrogens is 416 g/mol. The number of hydrogen-bond donors (Lipinski definition) is 0. The number of amides is 1. The minimum Gasteiger partial charge on any atom is -0.497 e. The molecule has 2 aromatic rings. The van der Waals surface area contributed by atoms with E-state index in [1.165, 1.54) is 13.1 Å². The summed E-state index contributed by atoms with van der Waals surface area (Å²) in [6.07, 6.45) is 1.54. The molecule has 0 aliphatic carbocycles. The Morgan fingerprint density at radius 3 is 2.23 bits per heavy atom. The van der Waals surface area contributed by atoms with E-state index in [1.54, 1.807) is 36.3 Å². The van der Waals surface area contributed by atoms with Crippen molar-refractivity contribution < 1.29 is 17.9 Å². The first-order valence-corrected chi connectivity index (χ1v) is 11.3. The lowest BCUT2D eigenvalue weighted by Crippen LogP contribution is -2.51. The van der Waals surface area contributed by atoms with E-state index >= 15 is 0 Å². The third-order valence-electron chi connectivity index (χ3n) is 5.47. The Kier molecular flexibility index (Phi) is 5.69. The highest BCUT2D eigenvalue weighted by atomic mass is 32.2. The summed E-state index contributed by atoms with van der Waals surface area (Å²) in [6, 6.07) is 16.9. The van der Waals surface area contributed by atoms with Crippen molar-refractivity contribution in [2.24, 2.45) is 4.40 Å². The quantitative estimate of drug-likeness (QED) is 0.725. The predicted octanol–water partition coefficient (Wildman–Crippen LogP) is 1.91. The fraction of sp³-hybridized carbons (Fsp3) is 0.273. The number of anilines is 1. The highest BCUT2D eigenvalue weighted by Crippen LogP contribution is 2.23. The van der Waals surface area contributed by atoms with Gasteiger partial charge in [0.15, 0.2) is 0 Å². The van der Waals surface area contributed by atoms with Gasteiger partial charge in [0.2, 0.25) is 0 Å². The zero-order valence-electron chi connectivity index (χ0n) is 17.4. The van der Waals surface area contributed by atoms with Crippen LogP contribution in [0.1, 0.15) is 5.56 Å². The van der Waals surface area contributed by atoms with Crippen molar-refractivity contribution in [1.82, 2.24) is 9.21 Å². The van der Waals surface area contributed by atoms with Crippen molar-refractivity contribution in [3.63, 3.8) is 0 Å². The topological polar surface area (TPSA) is 82.5 Å². The number of carbonyl (C=O) groups excluding carboxylic acids is 1. The van der Waals surface area contributed by atoms with Crippen molar-refractivity contribution in [1.29, 1.82) is 0 Å². The van der Waals surface area contributed by atoms with Gasteiger partial charge in [-0.1, -0.05) is 18.2 Å². The van der Waals surface area contributed by atoms with E-state index in [9.17, 15) is 13.2 Å². The molecule has 0 spiro atoms. The summed E-state index contributed by atoms with van der Waals surface area (Å²) in [5.41, 5.74) is 2.03. The fourth-order valence-electron chi connectivity index (χ4n) is 3.62. The minimum atomic E-state index is -4.00. The van der Waals surface area contributed by atoms with Crippen LogP contribution in [0.25, 0.3) is 0 Å². The maximum atomic E-state index is 13.2. The Balaban J connectivity index is 1.55. The highest BCUT2D eigenvalue weighted by Gasteiger charge is 2.33. The maximum absolute atomic E-state index is 13.2. The Labute approximate surface area is 182 Å². The predicted molar refractivity (Wildman–Crippen MR) is 120 cm³/mol. The lowest BCUT2D eigenvalue weighted by atomic mass is 10.1. The molecule has 0 saturated carbocycles. The Hall–Kier alpha value is -3.33. The molecule has 4 rings (SSSR count). The fourth-order valence-corrected chi connectivity index (χ4v) is 4.53. The summed E-state index contributed by atoms with van der Waals surface area (Å²) in [6.45, 7) is 2.37. The number of benzene rings is 2. The molecule has 0 aromatic heterocycles. The van der Waals surface area contributed by atoms with E-state index in [0.717, 1.165) is 9.99 Å². The monoisotopic (exact) mass is 440 g/mol. The van der Waals surface area contributed by atoms with Crippen LogP contribution >= 0.6 is 0 Å². The van der Waals surface area contributed by atoms with Crippen LogP contribution < -0.4 is 9.64 Å². The number of hydrogen-bond acceptors (Lipinski definition) is 5. The van der Waals surface area contributed by atoms with Gasteiger partial charge in [0.05, 0.1) is 12.8 Å². The third-order valence-corrected chi connectivity index (χ3v) is 6.78. The SMILES string of the molecule is COc1ccc(C2=NS(=O)(=O)N(C)C(C(=O)N3CCN(c4ccccc4)CC3)=C2)cc1. The van der Waals surface area contributed by atoms with Gasteiger partial charge in [-0.15, -0.1) is 4.40 Å². The average Bonchev–Trinajstić information content (AvgIpc) is 2.81. The Morgan fingerprint density at radius 2 is 1.61 bits per heavy atom. The van der Waals surface area contributed by atoms with Gasteiger partial charge < -0.3 is 14.5 Å². The smallest absolute Gasteiger partial charge is 0.345 e. The molecule has 8 nitrogen and oxygen atoms in total. The van der Waals surface area contributed by atoms with Gasteiger partial charge >= 0.3 is 10.2 Å². The summed E-state index contributed by atoms with van der Waals surface area (Å²) in [5, 5.41) is 0. The standard InChI is InChI=1S/C22H24N4O4S/c1-24-21(16-20(23-31(24,28)29)17-8-10-19(30-2)11-9-17)22(27)26-14-12-25(13-15-26)18-6-4-3-5-7-18/h3-11,16H,12-15H2,1-2H3. The summed E-state index contributed by atoms with van der Waals surface area (Å²) < 4.78 is 35.2. The molecule has 0 atom stereocenters. The number of rotatable bonds is 4. The first kappa shape index (κ1) is 20.9. The second kappa shape index (κ2) is 8.43. The largest absolute Gasteiger partial charge is 0.497 e. The molecular formula is C22H24N4O4S. The molecule has 0 N–H and O–H groups in total. The number of carbonyl (C=O) groups is 1. The molecule has 2 heterocycles. The van der Waals surface area contributed by atoms with Gasteiger partial charge in [0.1, 0.15) is 11.4 Å². The van der Waals surface area contributed by atoms with Gasteiger partial charge in [0, 0.05) is 44.5 Å². The van der Waals surface area contributed by atoms with Crippen LogP contribution in [0.15, 0.2) is 70.8 Å². The number of ether oxygens (including phenoxy) is 1. The second-order valence-corrected chi connectivity index (χ2v) is 8.92. The van der Waals surface area contributed by atoms with E-state index in [0.29, 0.717) is 37.5 Å². The van der Waals surface area contributed by atoms with E-state index in [4.69, 9.17) is 4.74 Å². The van der Waals surface area contributed by atoms with Gasteiger partial charge in [0.25, 0.3) is 5.91 Å². The van der Waals surface area contributed by atoms with Gasteiger partial charge in [-0.2, -0.15) is 8.42 Å². The average molecular weight is 441 g/mol. The number of likely N-dealkylation sites (N-methyl/N-ethyl adjacent to an activating group) is 1. The van der Waals surface area contributed by atoms with E-state index < -0.39 is 10.2 Å². The number of para-hydroxylation sites is 1. The van der Waals surface area contributed by atoms with Crippen molar-refractivity contribution in [2.75, 3.05) is 45.2 Å². The number of nitrogens with zero attached hydrogens (tertiary/aromatic N) is 4. The van der Waals surface area contributed by atoms with Crippen molar-refractivity contribution >= 4 is 27.5 Å². The van der Waals surface area contributed by atoms with Crippen LogP contribution in [-0.4, -0.2) is 69.6 Å². The molecule has 162 valence electrons. The van der Waals surface area contributed by atoms with Crippen molar-refractivity contribution in [3.8, 4) is 5.75 Å². The zero-order valence-corrected chi connectivity index (χ0v) is 18.2. The van der Waals surface area contributed by atoms with Crippen LogP contribution in [0.2, 0.25) is 0 Å². The second-order valence-electron chi connectivity index (χ2n) is 7.29. The van der Waals surface area contributed by atoms with Gasteiger partial charge in [-0.25, -0.2) is 4.31 Å². The lowest BCUT2D eigenvalue weighted by Gasteiger charge is -2.37. The number of piperazine rings is 1. The van der Waals surface area contributed by atoms with Crippen LogP contribution in [0.4, 0.5) is 5.69 Å². The van der Waals surface area contributed by atoms with E-state index in [2.05, 4.69) is 9.30 Å². The molecule has 9 heteroatoms. The highest BCUT2D eigenvalue weighted by molar-refractivity contribution is 7.88. The Morgan fingerprint density at radius 1 is 0.968 bits per heavy atom. The van der Waals surface area contributed by atoms with Crippen molar-refractivity contribution in [2.45, 2.75) is 0 Å². The molecule has 2 aliphatic heterocycles. The zero-order chi connectivity index (χ0) is 22.0. The molecule has 1 amide bonds. The molecule has 0 bridgehead atoms. The normalized spacial score (nSPS) is 18.3. The van der Waals surface area contributed by atoms with Gasteiger partial charge in [-0.05, 0) is 42.5 Å². The molecule has 2 aromatic carbocycles. The lowest BCUT2D eigenvalue weighted by molar-refractivity contribution is -0.128. The van der Waals surface area contributed by atoms with E-state index in [1.807, 2.05) is 30.3 Å². The maximum Gasteiger partial charge on any atom is 0.345 e. The first-order valence-electron chi connectivity index (χ1n) is 9.93. The molecule has 0 radical (unpaired) electrons. The summed E-state index contributed by atoms with van der Waals surface area (Å²) in [7, 11) is -1.09.